The monoisotopic (exact) mass is 448 g/mol. The standard InChI is InChI=1S/C20H17ClN2O4S2/c1-27-18(24)11-15(16-4-2-8-28-16)23-19(25)12-6-7-13(21)14(10-12)22-20(26)17-5-3-9-29-17/h2-10,15H,11H2,1H3,(H,22,26)(H,23,25). The molecule has 0 aliphatic rings. The lowest BCUT2D eigenvalue weighted by molar-refractivity contribution is -0.141. The van der Waals surface area contributed by atoms with Gasteiger partial charge in [0.15, 0.2) is 0 Å². The van der Waals surface area contributed by atoms with E-state index in [4.69, 9.17) is 16.3 Å². The molecule has 0 fully saturated rings. The molecule has 9 heteroatoms. The highest BCUT2D eigenvalue weighted by atomic mass is 35.5. The summed E-state index contributed by atoms with van der Waals surface area (Å²) >= 11 is 8.92. The summed E-state index contributed by atoms with van der Waals surface area (Å²) in [6.07, 6.45) is 0.0122. The number of esters is 1. The van der Waals surface area contributed by atoms with Crippen LogP contribution in [0, 0.1) is 0 Å². The Labute approximate surface area is 180 Å². The second-order valence-electron chi connectivity index (χ2n) is 5.95. The fourth-order valence-electron chi connectivity index (χ4n) is 2.56. The zero-order valence-electron chi connectivity index (χ0n) is 15.3. The summed E-state index contributed by atoms with van der Waals surface area (Å²) in [5.74, 6) is -1.12. The van der Waals surface area contributed by atoms with Crippen LogP contribution in [0.1, 0.15) is 37.4 Å². The van der Waals surface area contributed by atoms with Gasteiger partial charge in [0, 0.05) is 10.4 Å². The van der Waals surface area contributed by atoms with Crippen molar-refractivity contribution in [3.05, 3.63) is 73.6 Å². The number of nitrogens with one attached hydrogen (secondary N) is 2. The summed E-state index contributed by atoms with van der Waals surface area (Å²) in [5.41, 5.74) is 0.639. The molecule has 0 bridgehead atoms. The SMILES string of the molecule is COC(=O)CC(NC(=O)c1ccc(Cl)c(NC(=O)c2cccs2)c1)c1cccs1. The lowest BCUT2D eigenvalue weighted by Crippen LogP contribution is -2.30. The van der Waals surface area contributed by atoms with Crippen molar-refractivity contribution >= 4 is 57.7 Å². The molecule has 1 aromatic carbocycles. The Morgan fingerprint density at radius 3 is 2.48 bits per heavy atom. The van der Waals surface area contributed by atoms with Gasteiger partial charge in [0.05, 0.1) is 35.2 Å². The Bertz CT molecular complexity index is 1000. The van der Waals surface area contributed by atoms with E-state index in [1.54, 1.807) is 29.6 Å². The van der Waals surface area contributed by atoms with Crippen LogP contribution in [-0.4, -0.2) is 24.9 Å². The lowest BCUT2D eigenvalue weighted by Gasteiger charge is -2.17. The molecule has 3 aromatic rings. The molecule has 6 nitrogen and oxygen atoms in total. The molecule has 2 amide bonds. The largest absolute Gasteiger partial charge is 0.469 e. The quantitative estimate of drug-likeness (QED) is 0.511. The van der Waals surface area contributed by atoms with Crippen LogP contribution >= 0.6 is 34.3 Å². The summed E-state index contributed by atoms with van der Waals surface area (Å²) in [6.45, 7) is 0. The third kappa shape index (κ3) is 5.44. The fraction of sp³-hybridized carbons (Fsp3) is 0.150. The molecule has 0 spiro atoms. The number of hydrogen-bond donors (Lipinski definition) is 2. The second kappa shape index (κ2) is 9.69. The molecule has 2 N–H and O–H groups in total. The number of anilines is 1. The van der Waals surface area contributed by atoms with Crippen molar-refractivity contribution in [2.24, 2.45) is 0 Å². The molecule has 3 rings (SSSR count). The van der Waals surface area contributed by atoms with Crippen LogP contribution in [-0.2, 0) is 9.53 Å². The number of thiophene rings is 2. The molecule has 0 saturated carbocycles. The maximum Gasteiger partial charge on any atom is 0.307 e. The Hall–Kier alpha value is -2.68. The predicted molar refractivity (Wildman–Crippen MR) is 115 cm³/mol. The van der Waals surface area contributed by atoms with E-state index in [0.29, 0.717) is 21.2 Å². The molecule has 2 heterocycles. The van der Waals surface area contributed by atoms with Crippen molar-refractivity contribution in [2.45, 2.75) is 12.5 Å². The topological polar surface area (TPSA) is 84.5 Å². The molecule has 2 aromatic heterocycles. The van der Waals surface area contributed by atoms with Gasteiger partial charge in [0.25, 0.3) is 11.8 Å². The number of amides is 2. The predicted octanol–water partition coefficient (Wildman–Crippen LogP) is 4.75. The van der Waals surface area contributed by atoms with Crippen molar-refractivity contribution in [1.29, 1.82) is 0 Å². The molecule has 29 heavy (non-hydrogen) atoms. The highest BCUT2D eigenvalue weighted by Crippen LogP contribution is 2.26. The molecule has 1 atom stereocenters. The molecular formula is C20H17ClN2O4S2. The Morgan fingerprint density at radius 2 is 1.83 bits per heavy atom. The number of carbonyl (C=O) groups is 3. The normalized spacial score (nSPS) is 11.5. The van der Waals surface area contributed by atoms with Gasteiger partial charge < -0.3 is 15.4 Å². The first kappa shape index (κ1) is 21.0. The van der Waals surface area contributed by atoms with Crippen LogP contribution < -0.4 is 10.6 Å². The van der Waals surface area contributed by atoms with Gasteiger partial charge in [-0.05, 0) is 41.1 Å². The molecule has 150 valence electrons. The first-order valence-corrected chi connectivity index (χ1v) is 10.7. The minimum Gasteiger partial charge on any atom is -0.469 e. The first-order valence-electron chi connectivity index (χ1n) is 8.53. The van der Waals surface area contributed by atoms with E-state index in [-0.39, 0.29) is 12.3 Å². The third-order valence-electron chi connectivity index (χ3n) is 4.01. The second-order valence-corrected chi connectivity index (χ2v) is 8.28. The zero-order valence-corrected chi connectivity index (χ0v) is 17.7. The number of benzene rings is 1. The summed E-state index contributed by atoms with van der Waals surface area (Å²) in [4.78, 5) is 38.2. The molecule has 0 radical (unpaired) electrons. The maximum absolute atomic E-state index is 12.8. The van der Waals surface area contributed by atoms with E-state index in [2.05, 4.69) is 10.6 Å². The van der Waals surface area contributed by atoms with Crippen molar-refractivity contribution in [3.63, 3.8) is 0 Å². The first-order chi connectivity index (χ1) is 14.0. The van der Waals surface area contributed by atoms with Crippen LogP contribution in [0.3, 0.4) is 0 Å². The van der Waals surface area contributed by atoms with Crippen molar-refractivity contribution in [3.8, 4) is 0 Å². The summed E-state index contributed by atoms with van der Waals surface area (Å²) in [7, 11) is 1.30. The van der Waals surface area contributed by atoms with E-state index in [1.807, 2.05) is 17.5 Å². The van der Waals surface area contributed by atoms with Crippen molar-refractivity contribution in [1.82, 2.24) is 5.32 Å². The molecule has 0 aliphatic carbocycles. The van der Waals surface area contributed by atoms with Gasteiger partial charge in [-0.2, -0.15) is 0 Å². The average molecular weight is 449 g/mol. The van der Waals surface area contributed by atoms with E-state index < -0.39 is 17.9 Å². The van der Waals surface area contributed by atoms with Gasteiger partial charge in [-0.1, -0.05) is 23.7 Å². The summed E-state index contributed by atoms with van der Waals surface area (Å²) in [5, 5.41) is 9.54. The van der Waals surface area contributed by atoms with E-state index in [9.17, 15) is 14.4 Å². The van der Waals surface area contributed by atoms with E-state index in [0.717, 1.165) is 4.88 Å². The number of halogens is 1. The molecular weight excluding hydrogens is 432 g/mol. The number of methoxy groups -OCH3 is 1. The summed E-state index contributed by atoms with van der Waals surface area (Å²) < 4.78 is 4.73. The number of carbonyl (C=O) groups excluding carboxylic acids is 3. The van der Waals surface area contributed by atoms with Gasteiger partial charge >= 0.3 is 5.97 Å². The Morgan fingerprint density at radius 1 is 1.07 bits per heavy atom. The van der Waals surface area contributed by atoms with Gasteiger partial charge in [0.2, 0.25) is 0 Å². The van der Waals surface area contributed by atoms with Crippen LogP contribution in [0.25, 0.3) is 0 Å². The highest BCUT2D eigenvalue weighted by molar-refractivity contribution is 7.12. The minimum atomic E-state index is -0.519. The van der Waals surface area contributed by atoms with Gasteiger partial charge in [-0.3, -0.25) is 14.4 Å². The average Bonchev–Trinajstić information content (AvgIpc) is 3.43. The van der Waals surface area contributed by atoms with Crippen molar-refractivity contribution in [2.75, 3.05) is 12.4 Å². The van der Waals surface area contributed by atoms with E-state index in [1.165, 1.54) is 35.8 Å². The zero-order chi connectivity index (χ0) is 20.8. The Kier molecular flexibility index (Phi) is 7.03. The molecule has 1 unspecified atom stereocenters. The smallest absolute Gasteiger partial charge is 0.307 e. The molecule has 0 aliphatic heterocycles. The highest BCUT2D eigenvalue weighted by Gasteiger charge is 2.21. The van der Waals surface area contributed by atoms with E-state index >= 15 is 0 Å². The van der Waals surface area contributed by atoms with Gasteiger partial charge in [-0.15, -0.1) is 22.7 Å². The summed E-state index contributed by atoms with van der Waals surface area (Å²) in [6, 6.07) is 11.2. The maximum atomic E-state index is 12.8. The number of ether oxygens (including phenoxy) is 1. The van der Waals surface area contributed by atoms with Gasteiger partial charge in [-0.25, -0.2) is 0 Å². The number of hydrogen-bond acceptors (Lipinski definition) is 6. The Balaban J connectivity index is 1.77. The minimum absolute atomic E-state index is 0.0122. The van der Waals surface area contributed by atoms with Crippen LogP contribution in [0.4, 0.5) is 5.69 Å². The number of rotatable bonds is 7. The molecule has 0 saturated heterocycles. The lowest BCUT2D eigenvalue weighted by atomic mass is 10.1. The van der Waals surface area contributed by atoms with Crippen molar-refractivity contribution < 1.29 is 19.1 Å². The van der Waals surface area contributed by atoms with Crippen LogP contribution in [0.5, 0.6) is 0 Å². The van der Waals surface area contributed by atoms with Crippen LogP contribution in [0.2, 0.25) is 5.02 Å². The fourth-order valence-corrected chi connectivity index (χ4v) is 4.12. The third-order valence-corrected chi connectivity index (χ3v) is 6.20. The van der Waals surface area contributed by atoms with Crippen LogP contribution in [0.15, 0.2) is 53.2 Å². The van der Waals surface area contributed by atoms with Gasteiger partial charge in [0.1, 0.15) is 0 Å².